The molecule has 0 N–H and O–H groups in total. The number of halogens is 1. The van der Waals surface area contributed by atoms with Gasteiger partial charge in [-0.15, -0.1) is 0 Å². The van der Waals surface area contributed by atoms with Gasteiger partial charge in [0.1, 0.15) is 0 Å². The summed E-state index contributed by atoms with van der Waals surface area (Å²) in [4.78, 5) is 0. The molecule has 1 saturated heterocycles. The average Bonchev–Trinajstić information content (AvgIpc) is 2.30. The maximum Gasteiger partial charge on any atom is 0.264 e. The lowest BCUT2D eigenvalue weighted by Crippen LogP contribution is -2.15. The van der Waals surface area contributed by atoms with E-state index < -0.39 is 10.1 Å². The molecule has 1 aliphatic rings. The molecule has 1 rings (SSSR count). The summed E-state index contributed by atoms with van der Waals surface area (Å²) >= 11 is 2.24. The van der Waals surface area contributed by atoms with Crippen LogP contribution in [0.1, 0.15) is 6.42 Å². The van der Waals surface area contributed by atoms with Crippen molar-refractivity contribution in [2.24, 2.45) is 5.92 Å². The molecular weight excluding hydrogens is 293 g/mol. The highest BCUT2D eigenvalue weighted by Crippen LogP contribution is 2.19. The van der Waals surface area contributed by atoms with Crippen molar-refractivity contribution in [2.45, 2.75) is 6.42 Å². The molecule has 0 aromatic heterocycles. The number of hydrogen-bond acceptors (Lipinski definition) is 4. The van der Waals surface area contributed by atoms with Gasteiger partial charge in [0, 0.05) is 36.0 Å². The zero-order valence-electron chi connectivity index (χ0n) is 6.86. The number of hydrogen-bond donors (Lipinski definition) is 0. The van der Waals surface area contributed by atoms with Crippen LogP contribution in [0.25, 0.3) is 0 Å². The average molecular weight is 305 g/mol. The molecule has 0 aromatic rings. The van der Waals surface area contributed by atoms with E-state index in [1.54, 1.807) is 0 Å². The molecule has 12 heavy (non-hydrogen) atoms. The van der Waals surface area contributed by atoms with Crippen LogP contribution in [0.4, 0.5) is 0 Å². The van der Waals surface area contributed by atoms with Crippen LogP contribution in [0.3, 0.4) is 0 Å². The quantitative estimate of drug-likeness (QED) is 0.436. The lowest BCUT2D eigenvalue weighted by molar-refractivity contribution is 0.264. The van der Waals surface area contributed by atoms with Crippen LogP contribution in [0.2, 0.25) is 0 Å². The largest absolute Gasteiger partial charge is 0.270 e. The van der Waals surface area contributed by atoms with E-state index in [9.17, 15) is 8.42 Å². The van der Waals surface area contributed by atoms with Crippen molar-refractivity contribution in [1.82, 2.24) is 3.11 Å². The first-order chi connectivity index (χ1) is 5.47. The van der Waals surface area contributed by atoms with Crippen LogP contribution < -0.4 is 0 Å². The second-order valence-electron chi connectivity index (χ2n) is 3.01. The van der Waals surface area contributed by atoms with Crippen LogP contribution in [0, 0.1) is 5.92 Å². The Hall–Kier alpha value is 0.600. The lowest BCUT2D eigenvalue weighted by Gasteiger charge is -2.07. The van der Waals surface area contributed by atoms with Crippen molar-refractivity contribution < 1.29 is 12.6 Å². The van der Waals surface area contributed by atoms with Gasteiger partial charge in [0.05, 0.1) is 12.9 Å². The van der Waals surface area contributed by atoms with Crippen LogP contribution in [-0.4, -0.2) is 37.5 Å². The minimum atomic E-state index is -3.25. The molecular formula is C6H12INO3S. The topological polar surface area (TPSA) is 46.6 Å². The molecule has 0 amide bonds. The van der Waals surface area contributed by atoms with Crippen LogP contribution in [0.5, 0.6) is 0 Å². The Kier molecular flexibility index (Phi) is 3.74. The van der Waals surface area contributed by atoms with Crippen molar-refractivity contribution in [2.75, 3.05) is 26.0 Å². The summed E-state index contributed by atoms with van der Waals surface area (Å²) in [5, 5.41) is 0. The summed E-state index contributed by atoms with van der Waals surface area (Å²) in [6.07, 6.45) is 2.11. The molecule has 1 atom stereocenters. The third-order valence-electron chi connectivity index (χ3n) is 1.75. The second-order valence-corrected chi connectivity index (χ2v) is 6.02. The smallest absolute Gasteiger partial charge is 0.264 e. The highest BCUT2D eigenvalue weighted by Gasteiger charge is 2.21. The highest BCUT2D eigenvalue weighted by molar-refractivity contribution is 14.1. The Morgan fingerprint density at radius 1 is 1.67 bits per heavy atom. The van der Waals surface area contributed by atoms with Gasteiger partial charge >= 0.3 is 0 Å². The summed E-state index contributed by atoms with van der Waals surface area (Å²) in [7, 11) is -3.25. The summed E-state index contributed by atoms with van der Waals surface area (Å²) < 4.78 is 28.1. The third-order valence-corrected chi connectivity index (χ3v) is 3.19. The van der Waals surface area contributed by atoms with Crippen molar-refractivity contribution in [1.29, 1.82) is 0 Å². The first kappa shape index (κ1) is 10.7. The fourth-order valence-corrected chi connectivity index (χ4v) is 2.42. The monoisotopic (exact) mass is 305 g/mol. The van der Waals surface area contributed by atoms with Gasteiger partial charge in [0.2, 0.25) is 0 Å². The van der Waals surface area contributed by atoms with Crippen LogP contribution >= 0.6 is 22.9 Å². The van der Waals surface area contributed by atoms with E-state index in [1.165, 1.54) is 0 Å². The van der Waals surface area contributed by atoms with E-state index in [0.717, 1.165) is 25.8 Å². The minimum absolute atomic E-state index is 0.332. The van der Waals surface area contributed by atoms with E-state index >= 15 is 0 Å². The maximum atomic E-state index is 10.6. The first-order valence-electron chi connectivity index (χ1n) is 3.72. The van der Waals surface area contributed by atoms with Crippen molar-refractivity contribution in [3.8, 4) is 0 Å². The SMILES string of the molecule is CS(=O)(=O)OC[C@H]1CCN(I)C1. The maximum absolute atomic E-state index is 10.6. The van der Waals surface area contributed by atoms with Crippen molar-refractivity contribution in [3.63, 3.8) is 0 Å². The Morgan fingerprint density at radius 3 is 2.75 bits per heavy atom. The van der Waals surface area contributed by atoms with Gasteiger partial charge in [-0.1, -0.05) is 0 Å². The number of nitrogens with zero attached hydrogens (tertiary/aromatic N) is 1. The molecule has 1 heterocycles. The Morgan fingerprint density at radius 2 is 2.33 bits per heavy atom. The molecule has 6 heteroatoms. The molecule has 0 bridgehead atoms. The second kappa shape index (κ2) is 4.21. The summed E-state index contributed by atoms with van der Waals surface area (Å²) in [5.74, 6) is 0.372. The first-order valence-corrected chi connectivity index (χ1v) is 6.50. The molecule has 0 aliphatic carbocycles. The summed E-state index contributed by atoms with van der Waals surface area (Å²) in [6.45, 7) is 2.28. The van der Waals surface area contributed by atoms with E-state index in [0.29, 0.717) is 12.5 Å². The molecule has 4 nitrogen and oxygen atoms in total. The Bertz CT molecular complexity index is 241. The molecule has 0 radical (unpaired) electrons. The molecule has 72 valence electrons. The van der Waals surface area contributed by atoms with Gasteiger partial charge in [-0.25, -0.2) is 3.11 Å². The number of rotatable bonds is 3. The normalized spacial score (nSPS) is 26.3. The van der Waals surface area contributed by atoms with Gasteiger partial charge in [-0.05, 0) is 12.3 Å². The minimum Gasteiger partial charge on any atom is -0.270 e. The van der Waals surface area contributed by atoms with Crippen LogP contribution in [0.15, 0.2) is 0 Å². The molecule has 0 aromatic carbocycles. The molecule has 0 spiro atoms. The third kappa shape index (κ3) is 4.01. The molecule has 1 aliphatic heterocycles. The zero-order chi connectivity index (χ0) is 9.19. The summed E-state index contributed by atoms with van der Waals surface area (Å²) in [6, 6.07) is 0. The molecule has 0 saturated carbocycles. The summed E-state index contributed by atoms with van der Waals surface area (Å²) in [5.41, 5.74) is 0. The highest BCUT2D eigenvalue weighted by atomic mass is 127. The van der Waals surface area contributed by atoms with Crippen molar-refractivity contribution in [3.05, 3.63) is 0 Å². The van der Waals surface area contributed by atoms with Crippen LogP contribution in [-0.2, 0) is 14.3 Å². The fraction of sp³-hybridized carbons (Fsp3) is 1.00. The van der Waals surface area contributed by atoms with Gasteiger partial charge in [-0.2, -0.15) is 8.42 Å². The van der Waals surface area contributed by atoms with E-state index in [4.69, 9.17) is 4.18 Å². The van der Waals surface area contributed by atoms with Gasteiger partial charge in [-0.3, -0.25) is 4.18 Å². The van der Waals surface area contributed by atoms with Gasteiger partial charge in [0.25, 0.3) is 10.1 Å². The van der Waals surface area contributed by atoms with E-state index in [1.807, 2.05) is 0 Å². The predicted molar refractivity (Wildman–Crippen MR) is 54.5 cm³/mol. The van der Waals surface area contributed by atoms with Gasteiger partial charge < -0.3 is 0 Å². The van der Waals surface area contributed by atoms with E-state index in [-0.39, 0.29) is 0 Å². The molecule has 1 fully saturated rings. The van der Waals surface area contributed by atoms with Gasteiger partial charge in [0.15, 0.2) is 0 Å². The zero-order valence-corrected chi connectivity index (χ0v) is 9.84. The lowest BCUT2D eigenvalue weighted by atomic mass is 10.1. The fourth-order valence-electron chi connectivity index (χ4n) is 1.14. The Labute approximate surface area is 86.9 Å². The van der Waals surface area contributed by atoms with E-state index in [2.05, 4.69) is 26.0 Å². The van der Waals surface area contributed by atoms with Crippen molar-refractivity contribution >= 4 is 33.0 Å². The molecule has 0 unspecified atom stereocenters. The Balaban J connectivity index is 2.25. The predicted octanol–water partition coefficient (Wildman–Crippen LogP) is 0.634. The standard InChI is InChI=1S/C6H12INO3S/c1-12(9,10)11-5-6-2-3-8(7)4-6/h6H,2-5H2,1H3/t6-/m0/s1.